The summed E-state index contributed by atoms with van der Waals surface area (Å²) in [5.74, 6) is 0. The van der Waals surface area contributed by atoms with Crippen molar-refractivity contribution in [3.05, 3.63) is 188 Å². The molecule has 260 valence electrons. The van der Waals surface area contributed by atoms with Crippen LogP contribution in [-0.2, 0) is 0 Å². The normalized spacial score (nSPS) is 12.6. The van der Waals surface area contributed by atoms with Crippen LogP contribution in [0.5, 0.6) is 0 Å². The highest BCUT2D eigenvalue weighted by Crippen LogP contribution is 2.47. The Labute approximate surface area is 327 Å². The number of aromatic nitrogens is 1. The van der Waals surface area contributed by atoms with E-state index in [1.165, 1.54) is 136 Å². The van der Waals surface area contributed by atoms with Crippen molar-refractivity contribution < 1.29 is 0 Å². The van der Waals surface area contributed by atoms with Crippen molar-refractivity contribution in [2.45, 2.75) is 0 Å². The molecule has 14 aromatic rings. The van der Waals surface area contributed by atoms with E-state index in [4.69, 9.17) is 0 Å². The fourth-order valence-corrected chi connectivity index (χ4v) is 10.6. The van der Waals surface area contributed by atoms with E-state index in [1.54, 1.807) is 0 Å². The van der Waals surface area contributed by atoms with E-state index in [1.807, 2.05) is 0 Å². The maximum atomic E-state index is 2.54. The van der Waals surface area contributed by atoms with Gasteiger partial charge in [-0.1, -0.05) is 152 Å². The van der Waals surface area contributed by atoms with Gasteiger partial charge in [-0.3, -0.25) is 0 Å². The van der Waals surface area contributed by atoms with E-state index < -0.39 is 0 Å². The van der Waals surface area contributed by atoms with Crippen molar-refractivity contribution >= 4 is 108 Å². The Bertz CT molecular complexity index is 3720. The Morgan fingerprint density at radius 2 is 0.649 bits per heavy atom. The predicted octanol–water partition coefficient (Wildman–Crippen LogP) is 15.7. The van der Waals surface area contributed by atoms with Gasteiger partial charge in [0, 0.05) is 16.5 Å². The number of fused-ring (bicyclic) bond motifs is 1. The lowest BCUT2D eigenvalue weighted by Crippen LogP contribution is -1.95. The van der Waals surface area contributed by atoms with Crippen molar-refractivity contribution in [2.75, 3.05) is 0 Å². The summed E-state index contributed by atoms with van der Waals surface area (Å²) in [6.45, 7) is 0. The SMILES string of the molecule is c1ccc2cc(-n3c4cc(-c5ccc6ccc7cccc8ccc5c6c78)cc5ccc6cc(-c7ccc8ccc9cccc%10ccc7c8c9%10)cc3c6c54)ccc2c1. The van der Waals surface area contributed by atoms with Gasteiger partial charge in [0.15, 0.2) is 0 Å². The fourth-order valence-electron chi connectivity index (χ4n) is 10.6. The highest BCUT2D eigenvalue weighted by atomic mass is 15.0. The van der Waals surface area contributed by atoms with Crippen molar-refractivity contribution in [2.24, 2.45) is 0 Å². The van der Waals surface area contributed by atoms with E-state index in [0.29, 0.717) is 0 Å². The molecule has 0 spiro atoms. The Kier molecular flexibility index (Phi) is 5.56. The smallest absolute Gasteiger partial charge is 0.0553 e. The Hall–Kier alpha value is -7.48. The largest absolute Gasteiger partial charge is 0.309 e. The number of benzene rings is 13. The number of hydrogen-bond donors (Lipinski definition) is 0. The molecule has 0 N–H and O–H groups in total. The van der Waals surface area contributed by atoms with Gasteiger partial charge in [0.2, 0.25) is 0 Å². The van der Waals surface area contributed by atoms with E-state index in [-0.39, 0.29) is 0 Å². The summed E-state index contributed by atoms with van der Waals surface area (Å²) in [4.78, 5) is 0. The second-order valence-electron chi connectivity index (χ2n) is 16.1. The van der Waals surface area contributed by atoms with Crippen LogP contribution in [0.1, 0.15) is 0 Å². The molecule has 57 heavy (non-hydrogen) atoms. The molecule has 1 nitrogen and oxygen atoms in total. The second-order valence-corrected chi connectivity index (χ2v) is 16.1. The van der Waals surface area contributed by atoms with Crippen LogP contribution in [0.3, 0.4) is 0 Å². The third-order valence-electron chi connectivity index (χ3n) is 13.1. The highest BCUT2D eigenvalue weighted by Gasteiger charge is 2.22. The average molecular weight is 718 g/mol. The van der Waals surface area contributed by atoms with Crippen LogP contribution in [0.4, 0.5) is 0 Å². The Balaban J connectivity index is 1.09. The molecule has 0 aliphatic rings. The highest BCUT2D eigenvalue weighted by molar-refractivity contribution is 6.30. The Morgan fingerprint density at radius 3 is 1.18 bits per heavy atom. The molecule has 1 aromatic heterocycles. The van der Waals surface area contributed by atoms with Gasteiger partial charge in [-0.15, -0.1) is 0 Å². The summed E-state index contributed by atoms with van der Waals surface area (Å²) in [7, 11) is 0. The molecule has 1 heteroatoms. The van der Waals surface area contributed by atoms with Crippen molar-refractivity contribution in [3.8, 4) is 27.9 Å². The van der Waals surface area contributed by atoms with Gasteiger partial charge in [-0.2, -0.15) is 0 Å². The van der Waals surface area contributed by atoms with Gasteiger partial charge >= 0.3 is 0 Å². The Morgan fingerprint density at radius 1 is 0.246 bits per heavy atom. The molecule has 0 bridgehead atoms. The molecule has 0 radical (unpaired) electrons. The van der Waals surface area contributed by atoms with Gasteiger partial charge in [-0.25, -0.2) is 0 Å². The standard InChI is InChI=1S/C56H31N/c1-2-6-39-29-44(22-17-32(39)5-1)57-49-30-42(45-23-18-37-13-11-33-7-3-9-35-20-25-47(45)53(37)51(33)35)27-40-15-16-41-28-43(31-50(57)56(41)55(40)49)46-24-19-38-14-12-34-8-4-10-36-21-26-48(46)54(38)52(34)36/h1-31H. The van der Waals surface area contributed by atoms with Crippen LogP contribution < -0.4 is 0 Å². The summed E-state index contributed by atoms with van der Waals surface area (Å²) in [6, 6.07) is 71.1. The monoisotopic (exact) mass is 717 g/mol. The first-order valence-corrected chi connectivity index (χ1v) is 19.9. The van der Waals surface area contributed by atoms with Crippen molar-refractivity contribution in [3.63, 3.8) is 0 Å². The first kappa shape index (κ1) is 29.8. The van der Waals surface area contributed by atoms with Gasteiger partial charge in [0.1, 0.15) is 0 Å². The van der Waals surface area contributed by atoms with Crippen LogP contribution in [-0.4, -0.2) is 4.57 Å². The van der Waals surface area contributed by atoms with Crippen LogP contribution in [0, 0.1) is 0 Å². The maximum Gasteiger partial charge on any atom is 0.0553 e. The molecule has 0 unspecified atom stereocenters. The molecular formula is C56H31N. The van der Waals surface area contributed by atoms with Crippen LogP contribution in [0.2, 0.25) is 0 Å². The maximum absolute atomic E-state index is 2.54. The van der Waals surface area contributed by atoms with E-state index in [0.717, 1.165) is 0 Å². The fraction of sp³-hybridized carbons (Fsp3) is 0. The van der Waals surface area contributed by atoms with Crippen LogP contribution in [0.25, 0.3) is 136 Å². The summed E-state index contributed by atoms with van der Waals surface area (Å²) < 4.78 is 2.54. The molecule has 13 aromatic carbocycles. The zero-order chi connectivity index (χ0) is 36.9. The molecule has 0 atom stereocenters. The zero-order valence-corrected chi connectivity index (χ0v) is 30.8. The molecule has 14 rings (SSSR count). The van der Waals surface area contributed by atoms with Crippen LogP contribution in [0.15, 0.2) is 188 Å². The third kappa shape index (κ3) is 3.93. The second kappa shape index (κ2) is 10.6. The number of hydrogen-bond acceptors (Lipinski definition) is 0. The van der Waals surface area contributed by atoms with E-state index >= 15 is 0 Å². The van der Waals surface area contributed by atoms with Gasteiger partial charge in [0.25, 0.3) is 0 Å². The molecule has 0 fully saturated rings. The van der Waals surface area contributed by atoms with E-state index in [2.05, 4.69) is 193 Å². The van der Waals surface area contributed by atoms with Crippen molar-refractivity contribution in [1.82, 2.24) is 4.57 Å². The minimum Gasteiger partial charge on any atom is -0.309 e. The molecule has 1 heterocycles. The molecule has 0 amide bonds. The lowest BCUT2D eigenvalue weighted by molar-refractivity contribution is 1.19. The minimum absolute atomic E-state index is 1.17. The lowest BCUT2D eigenvalue weighted by Gasteiger charge is -2.15. The summed E-state index contributed by atoms with van der Waals surface area (Å²) in [5.41, 5.74) is 8.65. The number of rotatable bonds is 3. The van der Waals surface area contributed by atoms with Gasteiger partial charge in [-0.05, 0) is 145 Å². The van der Waals surface area contributed by atoms with Gasteiger partial charge < -0.3 is 4.57 Å². The first-order chi connectivity index (χ1) is 28.2. The number of nitrogens with zero attached hydrogens (tertiary/aromatic N) is 1. The quantitative estimate of drug-likeness (QED) is 0.160. The van der Waals surface area contributed by atoms with Crippen LogP contribution >= 0.6 is 0 Å². The summed E-state index contributed by atoms with van der Waals surface area (Å²) >= 11 is 0. The molecule has 0 aliphatic heterocycles. The molecule has 0 saturated heterocycles. The average Bonchev–Trinajstić information content (AvgIpc) is 3.60. The van der Waals surface area contributed by atoms with E-state index in [9.17, 15) is 0 Å². The zero-order valence-electron chi connectivity index (χ0n) is 30.8. The molecular weight excluding hydrogens is 687 g/mol. The molecule has 0 saturated carbocycles. The predicted molar refractivity (Wildman–Crippen MR) is 245 cm³/mol. The molecule has 0 aliphatic carbocycles. The summed E-state index contributed by atoms with van der Waals surface area (Å²) in [6.07, 6.45) is 0. The first-order valence-electron chi connectivity index (χ1n) is 19.9. The topological polar surface area (TPSA) is 4.93 Å². The van der Waals surface area contributed by atoms with Crippen molar-refractivity contribution in [1.29, 1.82) is 0 Å². The van der Waals surface area contributed by atoms with Gasteiger partial charge in [0.05, 0.1) is 11.0 Å². The minimum atomic E-state index is 1.17. The lowest BCUT2D eigenvalue weighted by atomic mass is 9.88. The third-order valence-corrected chi connectivity index (χ3v) is 13.1. The summed E-state index contributed by atoms with van der Waals surface area (Å²) in [5, 5.41) is 23.4.